The molecule has 2 aromatic carbocycles. The zero-order chi connectivity index (χ0) is 19.8. The largest absolute Gasteiger partial charge is 0.467 e. The van der Waals surface area contributed by atoms with E-state index < -0.39 is 0 Å². The van der Waals surface area contributed by atoms with Gasteiger partial charge in [0.2, 0.25) is 5.91 Å². The van der Waals surface area contributed by atoms with Crippen molar-refractivity contribution in [3.05, 3.63) is 95.4 Å². The van der Waals surface area contributed by atoms with Crippen LogP contribution in [0.3, 0.4) is 0 Å². The molecule has 0 bridgehead atoms. The van der Waals surface area contributed by atoms with Gasteiger partial charge in [0.1, 0.15) is 5.76 Å². The number of rotatable bonds is 8. The van der Waals surface area contributed by atoms with Crippen molar-refractivity contribution in [1.82, 2.24) is 10.2 Å². The molecule has 1 aromatic heterocycles. The molecule has 1 heterocycles. The zero-order valence-corrected chi connectivity index (χ0v) is 15.9. The predicted octanol–water partition coefficient (Wildman–Crippen LogP) is 3.94. The molecule has 0 aliphatic rings. The van der Waals surface area contributed by atoms with E-state index in [0.717, 1.165) is 16.9 Å². The van der Waals surface area contributed by atoms with Crippen molar-refractivity contribution >= 4 is 11.8 Å². The highest BCUT2D eigenvalue weighted by molar-refractivity contribution is 5.95. The van der Waals surface area contributed by atoms with Gasteiger partial charge in [-0.15, -0.1) is 0 Å². The Morgan fingerprint density at radius 2 is 1.68 bits per heavy atom. The molecule has 0 saturated carbocycles. The van der Waals surface area contributed by atoms with Gasteiger partial charge in [-0.3, -0.25) is 9.59 Å². The quantitative estimate of drug-likeness (QED) is 0.648. The van der Waals surface area contributed by atoms with Crippen molar-refractivity contribution < 1.29 is 14.0 Å². The Hall–Kier alpha value is -3.34. The summed E-state index contributed by atoms with van der Waals surface area (Å²) in [6.07, 6.45) is 1.83. The summed E-state index contributed by atoms with van der Waals surface area (Å²) < 4.78 is 5.40. The Labute approximate surface area is 165 Å². The van der Waals surface area contributed by atoms with Crippen molar-refractivity contribution in [2.24, 2.45) is 0 Å². The number of amides is 2. The number of carbonyl (C=O) groups excluding carboxylic acids is 2. The van der Waals surface area contributed by atoms with Gasteiger partial charge in [0.05, 0.1) is 12.8 Å². The van der Waals surface area contributed by atoms with Crippen molar-refractivity contribution in [2.75, 3.05) is 6.54 Å². The summed E-state index contributed by atoms with van der Waals surface area (Å²) >= 11 is 0. The van der Waals surface area contributed by atoms with Crippen LogP contribution < -0.4 is 5.32 Å². The first kappa shape index (κ1) is 19.4. The average molecular weight is 376 g/mol. The molecule has 5 nitrogen and oxygen atoms in total. The summed E-state index contributed by atoms with van der Waals surface area (Å²) in [6.45, 7) is 3.07. The van der Waals surface area contributed by atoms with Crippen LogP contribution in [0.25, 0.3) is 0 Å². The van der Waals surface area contributed by atoms with Crippen molar-refractivity contribution in [2.45, 2.75) is 26.4 Å². The van der Waals surface area contributed by atoms with Crippen molar-refractivity contribution in [1.29, 1.82) is 0 Å². The third-order valence-corrected chi connectivity index (χ3v) is 4.51. The van der Waals surface area contributed by atoms with Crippen LogP contribution in [0.5, 0.6) is 0 Å². The van der Waals surface area contributed by atoms with Crippen LogP contribution in [0.4, 0.5) is 0 Å². The minimum Gasteiger partial charge on any atom is -0.467 e. The molecule has 5 heteroatoms. The van der Waals surface area contributed by atoms with Crippen LogP contribution in [0.2, 0.25) is 0 Å². The van der Waals surface area contributed by atoms with E-state index >= 15 is 0 Å². The summed E-state index contributed by atoms with van der Waals surface area (Å²) in [5.74, 6) is 0.533. The van der Waals surface area contributed by atoms with E-state index in [1.807, 2.05) is 67.6 Å². The van der Waals surface area contributed by atoms with Gasteiger partial charge in [-0.25, -0.2) is 0 Å². The molecule has 2 amide bonds. The van der Waals surface area contributed by atoms with Gasteiger partial charge in [0, 0.05) is 25.1 Å². The topological polar surface area (TPSA) is 62.6 Å². The lowest BCUT2D eigenvalue weighted by molar-refractivity contribution is -0.132. The molecule has 0 atom stereocenters. The van der Waals surface area contributed by atoms with Gasteiger partial charge in [-0.2, -0.15) is 0 Å². The molecule has 0 unspecified atom stereocenters. The number of hydrogen-bond donors (Lipinski definition) is 1. The number of nitrogens with zero attached hydrogens (tertiary/aromatic N) is 1. The molecular weight excluding hydrogens is 352 g/mol. The van der Waals surface area contributed by atoms with E-state index in [0.29, 0.717) is 18.7 Å². The molecule has 144 valence electrons. The highest BCUT2D eigenvalue weighted by Crippen LogP contribution is 2.12. The molecule has 0 aliphatic carbocycles. The van der Waals surface area contributed by atoms with E-state index in [-0.39, 0.29) is 24.8 Å². The average Bonchev–Trinajstić information content (AvgIpc) is 3.21. The number of carbonyl (C=O) groups is 2. The van der Waals surface area contributed by atoms with Gasteiger partial charge < -0.3 is 14.6 Å². The molecule has 1 N–H and O–H groups in total. The number of benzene rings is 2. The normalized spacial score (nSPS) is 10.5. The Kier molecular flexibility index (Phi) is 6.63. The summed E-state index contributed by atoms with van der Waals surface area (Å²) in [5.41, 5.74) is 2.59. The highest BCUT2D eigenvalue weighted by atomic mass is 16.3. The maximum absolute atomic E-state index is 12.8. The Balaban J connectivity index is 1.59. The van der Waals surface area contributed by atoms with Crippen LogP contribution >= 0.6 is 0 Å². The van der Waals surface area contributed by atoms with E-state index in [1.165, 1.54) is 0 Å². The summed E-state index contributed by atoms with van der Waals surface area (Å²) in [7, 11) is 0. The fourth-order valence-corrected chi connectivity index (χ4v) is 2.99. The maximum Gasteiger partial charge on any atom is 0.251 e. The van der Waals surface area contributed by atoms with E-state index in [1.54, 1.807) is 17.2 Å². The monoisotopic (exact) mass is 376 g/mol. The molecule has 28 heavy (non-hydrogen) atoms. The lowest BCUT2D eigenvalue weighted by Gasteiger charge is -2.22. The van der Waals surface area contributed by atoms with E-state index in [2.05, 4.69) is 5.32 Å². The minimum absolute atomic E-state index is 0.0367. The number of hydrogen-bond acceptors (Lipinski definition) is 3. The van der Waals surface area contributed by atoms with Crippen LogP contribution in [0.1, 0.15) is 33.7 Å². The van der Waals surface area contributed by atoms with Crippen molar-refractivity contribution in [3.63, 3.8) is 0 Å². The van der Waals surface area contributed by atoms with E-state index in [4.69, 9.17) is 4.42 Å². The van der Waals surface area contributed by atoms with Crippen molar-refractivity contribution in [3.8, 4) is 0 Å². The highest BCUT2D eigenvalue weighted by Gasteiger charge is 2.16. The molecule has 0 fully saturated rings. The van der Waals surface area contributed by atoms with E-state index in [9.17, 15) is 9.59 Å². The fraction of sp³-hybridized carbons (Fsp3) is 0.217. The van der Waals surface area contributed by atoms with Gasteiger partial charge >= 0.3 is 0 Å². The molecule has 0 radical (unpaired) electrons. The smallest absolute Gasteiger partial charge is 0.251 e. The first-order valence-corrected chi connectivity index (χ1v) is 9.31. The van der Waals surface area contributed by atoms with Gasteiger partial charge in [-0.1, -0.05) is 48.5 Å². The minimum atomic E-state index is -0.161. The maximum atomic E-state index is 12.8. The lowest BCUT2D eigenvalue weighted by Crippen LogP contribution is -2.34. The summed E-state index contributed by atoms with van der Waals surface area (Å²) in [6, 6.07) is 20.9. The molecule has 0 aliphatic heterocycles. The summed E-state index contributed by atoms with van der Waals surface area (Å²) in [4.78, 5) is 26.8. The fourth-order valence-electron chi connectivity index (χ4n) is 2.99. The molecule has 3 rings (SSSR count). The lowest BCUT2D eigenvalue weighted by atomic mass is 10.1. The number of furan rings is 1. The van der Waals surface area contributed by atoms with Gasteiger partial charge in [-0.05, 0) is 36.2 Å². The second-order valence-electron chi connectivity index (χ2n) is 6.64. The Bertz CT molecular complexity index is 905. The Morgan fingerprint density at radius 1 is 0.929 bits per heavy atom. The van der Waals surface area contributed by atoms with Crippen LogP contribution in [0.15, 0.2) is 77.4 Å². The first-order chi connectivity index (χ1) is 13.6. The van der Waals surface area contributed by atoms with Gasteiger partial charge in [0.25, 0.3) is 5.91 Å². The standard InChI is InChI=1S/C23H24N2O3/c1-18-8-5-6-12-21(18)23(27)24-14-13-22(26)25(17-20-11-7-15-28-20)16-19-9-3-2-4-10-19/h2-12,15H,13-14,16-17H2,1H3,(H,24,27). The molecular formula is C23H24N2O3. The predicted molar refractivity (Wildman–Crippen MR) is 108 cm³/mol. The SMILES string of the molecule is Cc1ccccc1C(=O)NCCC(=O)N(Cc1ccccc1)Cc1ccco1. The number of nitrogens with one attached hydrogen (secondary N) is 1. The van der Waals surface area contributed by atoms with Crippen LogP contribution in [-0.4, -0.2) is 23.3 Å². The van der Waals surface area contributed by atoms with Gasteiger partial charge in [0.15, 0.2) is 0 Å². The zero-order valence-electron chi connectivity index (χ0n) is 15.9. The molecule has 0 saturated heterocycles. The second-order valence-corrected chi connectivity index (χ2v) is 6.64. The third-order valence-electron chi connectivity index (χ3n) is 4.51. The third kappa shape index (κ3) is 5.33. The molecule has 0 spiro atoms. The first-order valence-electron chi connectivity index (χ1n) is 9.31. The van der Waals surface area contributed by atoms with Crippen LogP contribution in [-0.2, 0) is 17.9 Å². The molecule has 3 aromatic rings. The van der Waals surface area contributed by atoms with Crippen LogP contribution in [0, 0.1) is 6.92 Å². The number of aryl methyl sites for hydroxylation is 1. The second kappa shape index (κ2) is 9.55. The Morgan fingerprint density at radius 3 is 2.39 bits per heavy atom. The summed E-state index contributed by atoms with van der Waals surface area (Å²) in [5, 5.41) is 2.84.